The molecule has 2 heterocycles. The van der Waals surface area contributed by atoms with Crippen LogP contribution in [-0.2, 0) is 4.79 Å². The number of thioether (sulfide) groups is 1. The Balaban J connectivity index is 1.52. The molecule has 0 aliphatic heterocycles. The van der Waals surface area contributed by atoms with E-state index in [4.69, 9.17) is 14.5 Å². The number of aromatic nitrogens is 2. The van der Waals surface area contributed by atoms with Gasteiger partial charge in [-0.3, -0.25) is 4.79 Å². The summed E-state index contributed by atoms with van der Waals surface area (Å²) in [7, 11) is 3.26. The van der Waals surface area contributed by atoms with Gasteiger partial charge < -0.3 is 14.8 Å². The predicted molar refractivity (Wildman–Crippen MR) is 123 cm³/mol. The number of hydrogen-bond donors (Lipinski definition) is 1. The van der Waals surface area contributed by atoms with E-state index in [2.05, 4.69) is 10.3 Å². The maximum Gasteiger partial charge on any atom is 0.239 e. The van der Waals surface area contributed by atoms with E-state index in [0.29, 0.717) is 5.13 Å². The van der Waals surface area contributed by atoms with Gasteiger partial charge in [0.05, 0.1) is 34.7 Å². The highest BCUT2D eigenvalue weighted by atomic mass is 32.2. The first-order valence-electron chi connectivity index (χ1n) is 9.35. The van der Waals surface area contributed by atoms with Crippen LogP contribution in [0.5, 0.6) is 11.5 Å². The number of carbonyl (C=O) groups excluding carboxylic acids is 1. The third-order valence-corrected chi connectivity index (χ3v) is 6.65. The first-order chi connectivity index (χ1) is 14.5. The number of thiazole rings is 1. The normalized spacial score (nSPS) is 12.1. The van der Waals surface area contributed by atoms with Crippen LogP contribution in [0.15, 0.2) is 47.5 Å². The summed E-state index contributed by atoms with van der Waals surface area (Å²) in [5.74, 6) is 1.37. The lowest BCUT2D eigenvalue weighted by Crippen LogP contribution is -2.22. The molecule has 1 N–H and O–H groups in total. The molecule has 0 spiro atoms. The average molecular weight is 440 g/mol. The van der Waals surface area contributed by atoms with Crippen LogP contribution in [0.2, 0.25) is 0 Å². The first kappa shape index (κ1) is 20.4. The van der Waals surface area contributed by atoms with Gasteiger partial charge >= 0.3 is 0 Å². The van der Waals surface area contributed by atoms with Gasteiger partial charge in [0.25, 0.3) is 0 Å². The number of benzene rings is 2. The van der Waals surface area contributed by atoms with Crippen molar-refractivity contribution < 1.29 is 14.3 Å². The number of fused-ring (bicyclic) bond motifs is 2. The van der Waals surface area contributed by atoms with Crippen LogP contribution >= 0.6 is 23.1 Å². The lowest BCUT2D eigenvalue weighted by Gasteiger charge is -2.12. The van der Waals surface area contributed by atoms with Crippen molar-refractivity contribution in [2.75, 3.05) is 19.5 Å². The van der Waals surface area contributed by atoms with Crippen molar-refractivity contribution >= 4 is 55.3 Å². The molecular weight excluding hydrogens is 418 g/mol. The van der Waals surface area contributed by atoms with Crippen LogP contribution in [-0.4, -0.2) is 35.3 Å². The van der Waals surface area contributed by atoms with E-state index in [1.54, 1.807) is 14.2 Å². The summed E-state index contributed by atoms with van der Waals surface area (Å²) in [6.07, 6.45) is 0. The van der Waals surface area contributed by atoms with Crippen LogP contribution in [0, 0.1) is 6.92 Å². The van der Waals surface area contributed by atoms with Crippen molar-refractivity contribution in [1.29, 1.82) is 0 Å². The molecule has 0 aliphatic rings. The van der Waals surface area contributed by atoms with E-state index < -0.39 is 0 Å². The predicted octanol–water partition coefficient (Wildman–Crippen LogP) is 5.29. The highest BCUT2D eigenvalue weighted by Gasteiger charge is 2.18. The summed E-state index contributed by atoms with van der Waals surface area (Å²) in [6, 6.07) is 13.5. The highest BCUT2D eigenvalue weighted by molar-refractivity contribution is 8.00. The third kappa shape index (κ3) is 4.06. The molecule has 154 valence electrons. The summed E-state index contributed by atoms with van der Waals surface area (Å²) in [5.41, 5.74) is 2.72. The number of aryl methyl sites for hydroxylation is 1. The Kier molecular flexibility index (Phi) is 5.78. The lowest BCUT2D eigenvalue weighted by atomic mass is 10.1. The molecule has 0 fully saturated rings. The summed E-state index contributed by atoms with van der Waals surface area (Å²) >= 11 is 2.83. The number of nitrogens with one attached hydrogen (secondary N) is 1. The van der Waals surface area contributed by atoms with Crippen LogP contribution in [0.3, 0.4) is 0 Å². The number of para-hydroxylation sites is 1. The quantitative estimate of drug-likeness (QED) is 0.412. The Hall–Kier alpha value is -2.84. The molecule has 1 unspecified atom stereocenters. The molecule has 0 radical (unpaired) electrons. The molecule has 0 saturated carbocycles. The van der Waals surface area contributed by atoms with E-state index in [0.717, 1.165) is 43.2 Å². The van der Waals surface area contributed by atoms with Crippen molar-refractivity contribution in [1.82, 2.24) is 9.97 Å². The zero-order chi connectivity index (χ0) is 21.3. The Bertz CT molecular complexity index is 1240. The minimum Gasteiger partial charge on any atom is -0.497 e. The Labute approximate surface area is 182 Å². The van der Waals surface area contributed by atoms with Gasteiger partial charge in [-0.25, -0.2) is 9.97 Å². The fourth-order valence-electron chi connectivity index (χ4n) is 3.11. The van der Waals surface area contributed by atoms with Gasteiger partial charge in [0.15, 0.2) is 5.13 Å². The SMILES string of the molecule is COc1ccc2nc(NC(=O)C(C)Sc3cc(C)c4cccc(OC)c4n3)sc2c1. The second kappa shape index (κ2) is 8.49. The van der Waals surface area contributed by atoms with Crippen LogP contribution < -0.4 is 14.8 Å². The summed E-state index contributed by atoms with van der Waals surface area (Å²) < 4.78 is 11.7. The molecular formula is C22H21N3O3S2. The third-order valence-electron chi connectivity index (χ3n) is 4.70. The van der Waals surface area contributed by atoms with Crippen molar-refractivity contribution in [3.8, 4) is 11.5 Å². The number of carbonyl (C=O) groups is 1. The number of amides is 1. The van der Waals surface area contributed by atoms with Gasteiger partial charge in [0, 0.05) is 5.39 Å². The molecule has 1 amide bonds. The molecule has 30 heavy (non-hydrogen) atoms. The minimum absolute atomic E-state index is 0.120. The molecule has 0 aliphatic carbocycles. The number of nitrogens with zero attached hydrogens (tertiary/aromatic N) is 2. The first-order valence-corrected chi connectivity index (χ1v) is 11.0. The number of methoxy groups -OCH3 is 2. The van der Waals surface area contributed by atoms with Gasteiger partial charge in [0.1, 0.15) is 17.0 Å². The zero-order valence-electron chi connectivity index (χ0n) is 17.1. The Morgan fingerprint density at radius 1 is 1.13 bits per heavy atom. The molecule has 1 atom stereocenters. The molecule has 2 aromatic carbocycles. The van der Waals surface area contributed by atoms with Gasteiger partial charge in [-0.1, -0.05) is 35.2 Å². The van der Waals surface area contributed by atoms with Gasteiger partial charge in [-0.15, -0.1) is 0 Å². The monoisotopic (exact) mass is 439 g/mol. The summed E-state index contributed by atoms with van der Waals surface area (Å²) in [5, 5.41) is 4.97. The van der Waals surface area contributed by atoms with E-state index in [1.165, 1.54) is 23.1 Å². The fourth-order valence-corrected chi connectivity index (χ4v) is 4.93. The number of rotatable bonds is 6. The van der Waals surface area contributed by atoms with Crippen LogP contribution in [0.4, 0.5) is 5.13 Å². The van der Waals surface area contributed by atoms with Crippen LogP contribution in [0.1, 0.15) is 12.5 Å². The fraction of sp³-hybridized carbons (Fsp3) is 0.227. The van der Waals surface area contributed by atoms with Gasteiger partial charge in [0.2, 0.25) is 5.91 Å². The maximum absolute atomic E-state index is 12.7. The molecule has 0 saturated heterocycles. The summed E-state index contributed by atoms with van der Waals surface area (Å²) in [4.78, 5) is 22.0. The van der Waals surface area contributed by atoms with Gasteiger partial charge in [-0.2, -0.15) is 0 Å². The Morgan fingerprint density at radius 2 is 1.97 bits per heavy atom. The average Bonchev–Trinajstić information content (AvgIpc) is 3.14. The minimum atomic E-state index is -0.342. The maximum atomic E-state index is 12.7. The lowest BCUT2D eigenvalue weighted by molar-refractivity contribution is -0.115. The molecule has 2 aromatic heterocycles. The number of hydrogen-bond acceptors (Lipinski definition) is 7. The van der Waals surface area contributed by atoms with E-state index in [1.807, 2.05) is 56.3 Å². The molecule has 8 heteroatoms. The van der Waals surface area contributed by atoms with E-state index >= 15 is 0 Å². The molecule has 6 nitrogen and oxygen atoms in total. The number of ether oxygens (including phenoxy) is 2. The van der Waals surface area contributed by atoms with Crippen molar-refractivity contribution in [2.45, 2.75) is 24.1 Å². The Morgan fingerprint density at radius 3 is 2.73 bits per heavy atom. The molecule has 4 rings (SSSR count). The molecule has 4 aromatic rings. The summed E-state index contributed by atoms with van der Waals surface area (Å²) in [6.45, 7) is 3.90. The second-order valence-electron chi connectivity index (χ2n) is 6.74. The second-order valence-corrected chi connectivity index (χ2v) is 9.13. The topological polar surface area (TPSA) is 73.3 Å². The number of pyridine rings is 1. The van der Waals surface area contributed by atoms with E-state index in [-0.39, 0.29) is 11.2 Å². The highest BCUT2D eigenvalue weighted by Crippen LogP contribution is 2.32. The number of anilines is 1. The zero-order valence-corrected chi connectivity index (χ0v) is 18.7. The molecule has 0 bridgehead atoms. The standard InChI is InChI=1S/C22H21N3O3S2/c1-12-10-19(24-20-15(12)6-5-7-17(20)28-4)29-13(2)21(26)25-22-23-16-9-8-14(27-3)11-18(16)30-22/h5-11,13H,1-4H3,(H,23,25,26). The smallest absolute Gasteiger partial charge is 0.239 e. The van der Waals surface area contributed by atoms with Gasteiger partial charge in [-0.05, 0) is 49.7 Å². The van der Waals surface area contributed by atoms with Crippen molar-refractivity contribution in [3.63, 3.8) is 0 Å². The largest absolute Gasteiger partial charge is 0.497 e. The van der Waals surface area contributed by atoms with Crippen molar-refractivity contribution in [3.05, 3.63) is 48.0 Å². The van der Waals surface area contributed by atoms with E-state index in [9.17, 15) is 4.79 Å². The van der Waals surface area contributed by atoms with Crippen LogP contribution in [0.25, 0.3) is 21.1 Å². The van der Waals surface area contributed by atoms with Crippen molar-refractivity contribution in [2.24, 2.45) is 0 Å².